The standard InChI is InChI=1S/C22H12Cl2O3S/c23-14-7-10-18(24)17(12-14)22(26)27-15-8-5-13(6-9-15)11-20-21(25)16-3-1-2-4-19(16)28-20/h1-12H/b20-11+. The number of esters is 1. The largest absolute Gasteiger partial charge is 0.423 e. The van der Waals surface area contributed by atoms with E-state index in [1.807, 2.05) is 30.3 Å². The Morgan fingerprint density at radius 2 is 1.71 bits per heavy atom. The number of hydrogen-bond donors (Lipinski definition) is 0. The van der Waals surface area contributed by atoms with E-state index in [2.05, 4.69) is 0 Å². The van der Waals surface area contributed by atoms with E-state index in [9.17, 15) is 9.59 Å². The molecular formula is C22H12Cl2O3S. The Hall–Kier alpha value is -2.53. The lowest BCUT2D eigenvalue weighted by Gasteiger charge is -2.06. The molecule has 3 nitrogen and oxygen atoms in total. The van der Waals surface area contributed by atoms with Gasteiger partial charge < -0.3 is 4.74 Å². The maximum Gasteiger partial charge on any atom is 0.345 e. The Morgan fingerprint density at radius 1 is 0.964 bits per heavy atom. The summed E-state index contributed by atoms with van der Waals surface area (Å²) in [4.78, 5) is 26.4. The lowest BCUT2D eigenvalue weighted by Crippen LogP contribution is -2.09. The number of Topliss-reactive ketones (excluding diaryl/α,β-unsaturated/α-hetero) is 1. The van der Waals surface area contributed by atoms with Crippen molar-refractivity contribution in [1.82, 2.24) is 0 Å². The van der Waals surface area contributed by atoms with Crippen LogP contribution in [-0.2, 0) is 0 Å². The summed E-state index contributed by atoms with van der Waals surface area (Å²) in [5.41, 5.74) is 1.76. The average molecular weight is 427 g/mol. The molecule has 0 amide bonds. The monoisotopic (exact) mass is 426 g/mol. The van der Waals surface area contributed by atoms with Gasteiger partial charge in [0.2, 0.25) is 5.78 Å². The van der Waals surface area contributed by atoms with Crippen molar-refractivity contribution in [3.63, 3.8) is 0 Å². The number of benzene rings is 3. The van der Waals surface area contributed by atoms with Gasteiger partial charge in [0.1, 0.15) is 5.75 Å². The van der Waals surface area contributed by atoms with E-state index in [1.54, 1.807) is 36.4 Å². The molecule has 0 N–H and O–H groups in total. The number of ether oxygens (including phenoxy) is 1. The number of carbonyl (C=O) groups is 2. The van der Waals surface area contributed by atoms with Crippen LogP contribution in [0.4, 0.5) is 0 Å². The SMILES string of the molecule is O=C(Oc1ccc(/C=C2/Sc3ccccc3C2=O)cc1)c1cc(Cl)ccc1Cl. The summed E-state index contributed by atoms with van der Waals surface area (Å²) < 4.78 is 5.36. The number of fused-ring (bicyclic) bond motifs is 1. The van der Waals surface area contributed by atoms with Crippen molar-refractivity contribution in [2.75, 3.05) is 0 Å². The second kappa shape index (κ2) is 7.84. The highest BCUT2D eigenvalue weighted by atomic mass is 35.5. The summed E-state index contributed by atoms with van der Waals surface area (Å²) in [6, 6.07) is 19.0. The van der Waals surface area contributed by atoms with E-state index >= 15 is 0 Å². The fourth-order valence-electron chi connectivity index (χ4n) is 2.74. The van der Waals surface area contributed by atoms with Crippen molar-refractivity contribution in [2.45, 2.75) is 4.90 Å². The number of carbonyl (C=O) groups excluding carboxylic acids is 2. The topological polar surface area (TPSA) is 43.4 Å². The number of thioether (sulfide) groups is 1. The van der Waals surface area contributed by atoms with Crippen molar-refractivity contribution in [2.24, 2.45) is 0 Å². The van der Waals surface area contributed by atoms with Crippen LogP contribution >= 0.6 is 35.0 Å². The minimum absolute atomic E-state index is 0.0201. The third-order valence-electron chi connectivity index (χ3n) is 4.11. The third kappa shape index (κ3) is 3.85. The van der Waals surface area contributed by atoms with Crippen LogP contribution in [0.25, 0.3) is 6.08 Å². The molecule has 0 radical (unpaired) electrons. The Morgan fingerprint density at radius 3 is 2.46 bits per heavy atom. The molecular weight excluding hydrogens is 415 g/mol. The molecule has 0 saturated carbocycles. The maximum absolute atomic E-state index is 12.4. The quantitative estimate of drug-likeness (QED) is 0.270. The summed E-state index contributed by atoms with van der Waals surface area (Å²) in [6.07, 6.45) is 1.83. The predicted molar refractivity (Wildman–Crippen MR) is 112 cm³/mol. The van der Waals surface area contributed by atoms with Gasteiger partial charge in [0.25, 0.3) is 0 Å². The summed E-state index contributed by atoms with van der Waals surface area (Å²) >= 11 is 13.4. The molecule has 6 heteroatoms. The van der Waals surface area contributed by atoms with Gasteiger partial charge in [-0.1, -0.05) is 59.2 Å². The summed E-state index contributed by atoms with van der Waals surface area (Å²) in [6.45, 7) is 0. The molecule has 1 heterocycles. The molecule has 0 saturated heterocycles. The normalized spacial score (nSPS) is 14.2. The molecule has 28 heavy (non-hydrogen) atoms. The third-order valence-corrected chi connectivity index (χ3v) is 5.78. The lowest BCUT2D eigenvalue weighted by atomic mass is 10.1. The zero-order valence-corrected chi connectivity index (χ0v) is 16.6. The molecule has 0 spiro atoms. The molecule has 0 aliphatic carbocycles. The molecule has 0 fully saturated rings. The first-order valence-corrected chi connectivity index (χ1v) is 9.89. The molecule has 0 bridgehead atoms. The van der Waals surface area contributed by atoms with E-state index in [0.717, 1.165) is 16.0 Å². The van der Waals surface area contributed by atoms with Crippen LogP contribution in [0.2, 0.25) is 10.0 Å². The molecule has 4 rings (SSSR count). The zero-order valence-electron chi connectivity index (χ0n) is 14.3. The number of ketones is 1. The van der Waals surface area contributed by atoms with Gasteiger partial charge in [0.15, 0.2) is 0 Å². The number of rotatable bonds is 3. The number of halogens is 2. The van der Waals surface area contributed by atoms with Crippen molar-refractivity contribution in [3.8, 4) is 5.75 Å². The van der Waals surface area contributed by atoms with Crippen LogP contribution in [0, 0.1) is 0 Å². The van der Waals surface area contributed by atoms with Crippen molar-refractivity contribution in [3.05, 3.63) is 98.4 Å². The highest BCUT2D eigenvalue weighted by molar-refractivity contribution is 8.04. The van der Waals surface area contributed by atoms with E-state index in [1.165, 1.54) is 17.8 Å². The second-order valence-electron chi connectivity index (χ2n) is 6.02. The fourth-order valence-corrected chi connectivity index (χ4v) is 4.15. The van der Waals surface area contributed by atoms with Crippen molar-refractivity contribution >= 4 is 52.8 Å². The van der Waals surface area contributed by atoms with Gasteiger partial charge in [-0.15, -0.1) is 0 Å². The van der Waals surface area contributed by atoms with Crippen LogP contribution in [-0.4, -0.2) is 11.8 Å². The van der Waals surface area contributed by atoms with Crippen LogP contribution in [0.15, 0.2) is 76.5 Å². The molecule has 3 aromatic carbocycles. The van der Waals surface area contributed by atoms with Gasteiger partial charge in [0, 0.05) is 15.5 Å². The fraction of sp³-hybridized carbons (Fsp3) is 0. The van der Waals surface area contributed by atoms with Crippen LogP contribution < -0.4 is 4.74 Å². The summed E-state index contributed by atoms with van der Waals surface area (Å²) in [7, 11) is 0. The Balaban J connectivity index is 1.50. The molecule has 1 aliphatic heterocycles. The predicted octanol–water partition coefficient (Wildman–Crippen LogP) is 6.54. The van der Waals surface area contributed by atoms with E-state index in [0.29, 0.717) is 15.7 Å². The first kappa shape index (κ1) is 18.8. The lowest BCUT2D eigenvalue weighted by molar-refractivity contribution is 0.0734. The Kier molecular flexibility index (Phi) is 5.27. The van der Waals surface area contributed by atoms with E-state index in [4.69, 9.17) is 27.9 Å². The molecule has 138 valence electrons. The van der Waals surface area contributed by atoms with E-state index in [-0.39, 0.29) is 16.4 Å². The van der Waals surface area contributed by atoms with Gasteiger partial charge in [-0.05, 0) is 54.1 Å². The van der Waals surface area contributed by atoms with Gasteiger partial charge >= 0.3 is 5.97 Å². The molecule has 0 aromatic heterocycles. The van der Waals surface area contributed by atoms with Crippen LogP contribution in [0.3, 0.4) is 0 Å². The first-order valence-electron chi connectivity index (χ1n) is 8.32. The van der Waals surface area contributed by atoms with E-state index < -0.39 is 5.97 Å². The molecule has 0 unspecified atom stereocenters. The van der Waals surface area contributed by atoms with Gasteiger partial charge in [0.05, 0.1) is 15.5 Å². The zero-order chi connectivity index (χ0) is 19.7. The number of allylic oxidation sites excluding steroid dienone is 1. The summed E-state index contributed by atoms with van der Waals surface area (Å²) in [5, 5.41) is 0.671. The smallest absolute Gasteiger partial charge is 0.345 e. The van der Waals surface area contributed by atoms with Gasteiger partial charge in [-0.25, -0.2) is 4.79 Å². The molecule has 0 atom stereocenters. The molecule has 1 aliphatic rings. The van der Waals surface area contributed by atoms with Crippen LogP contribution in [0.5, 0.6) is 5.75 Å². The maximum atomic E-state index is 12.4. The Bertz CT molecular complexity index is 1120. The van der Waals surface area contributed by atoms with Gasteiger partial charge in [-0.3, -0.25) is 4.79 Å². The first-order chi connectivity index (χ1) is 13.5. The van der Waals surface area contributed by atoms with Crippen LogP contribution in [0.1, 0.15) is 26.3 Å². The van der Waals surface area contributed by atoms with Crippen molar-refractivity contribution < 1.29 is 14.3 Å². The Labute approximate surface area is 175 Å². The minimum Gasteiger partial charge on any atom is -0.423 e. The highest BCUT2D eigenvalue weighted by Crippen LogP contribution is 2.40. The number of hydrogen-bond acceptors (Lipinski definition) is 4. The minimum atomic E-state index is -0.587. The van der Waals surface area contributed by atoms with Gasteiger partial charge in [-0.2, -0.15) is 0 Å². The summed E-state index contributed by atoms with van der Waals surface area (Å²) in [5.74, 6) is -0.195. The highest BCUT2D eigenvalue weighted by Gasteiger charge is 2.25. The average Bonchev–Trinajstić information content (AvgIpc) is 3.01. The van der Waals surface area contributed by atoms with Crippen molar-refractivity contribution in [1.29, 1.82) is 0 Å². The molecule has 3 aromatic rings. The second-order valence-corrected chi connectivity index (χ2v) is 7.95.